The number of hydrogen-bond acceptors (Lipinski definition) is 3. The number of rotatable bonds is 2. The van der Waals surface area contributed by atoms with Crippen LogP contribution in [0, 0.1) is 6.92 Å². The van der Waals surface area contributed by atoms with Gasteiger partial charge in [0.25, 0.3) is 0 Å². The number of nitrogens with zero attached hydrogens (tertiary/aromatic N) is 4. The number of tetrazole rings is 1. The molecule has 0 fully saturated rings. The van der Waals surface area contributed by atoms with Gasteiger partial charge in [-0.15, -0.1) is 5.10 Å². The van der Waals surface area contributed by atoms with Crippen LogP contribution in [0.25, 0.3) is 0 Å². The third kappa shape index (κ3) is 1.90. The molecule has 0 bridgehead atoms. The molecule has 0 N–H and O–H groups in total. The molecule has 5 heteroatoms. The van der Waals surface area contributed by atoms with Crippen molar-refractivity contribution in [3.8, 4) is 0 Å². The lowest BCUT2D eigenvalue weighted by Gasteiger charge is -2.01. The molecule has 0 spiro atoms. The molecule has 0 atom stereocenters. The number of hydrogen-bond donors (Lipinski definition) is 0. The predicted octanol–water partition coefficient (Wildman–Crippen LogP) is 1.68. The van der Waals surface area contributed by atoms with Crippen molar-refractivity contribution in [1.82, 2.24) is 20.2 Å². The molecule has 0 saturated carbocycles. The standard InChI is InChI=1S/C9H9ClN4/c1-7-11-12-13-14(7)6-8-2-4-9(10)5-3-8/h2-5H,6H2,1H3. The zero-order chi connectivity index (χ0) is 9.97. The van der Waals surface area contributed by atoms with Crippen LogP contribution in [0.5, 0.6) is 0 Å². The van der Waals surface area contributed by atoms with E-state index in [0.717, 1.165) is 16.4 Å². The minimum atomic E-state index is 0.677. The molecular weight excluding hydrogens is 200 g/mol. The summed E-state index contributed by atoms with van der Waals surface area (Å²) in [5, 5.41) is 12.0. The van der Waals surface area contributed by atoms with Gasteiger partial charge < -0.3 is 0 Å². The summed E-state index contributed by atoms with van der Waals surface area (Å²) in [7, 11) is 0. The zero-order valence-corrected chi connectivity index (χ0v) is 8.44. The molecule has 1 aromatic heterocycles. The molecule has 0 saturated heterocycles. The van der Waals surface area contributed by atoms with Crippen molar-refractivity contribution in [3.05, 3.63) is 40.7 Å². The van der Waals surface area contributed by atoms with Crippen molar-refractivity contribution >= 4 is 11.6 Å². The van der Waals surface area contributed by atoms with Crippen molar-refractivity contribution in [2.45, 2.75) is 13.5 Å². The zero-order valence-electron chi connectivity index (χ0n) is 7.68. The normalized spacial score (nSPS) is 10.4. The van der Waals surface area contributed by atoms with Crippen LogP contribution in [0.1, 0.15) is 11.4 Å². The second-order valence-corrected chi connectivity index (χ2v) is 3.45. The lowest BCUT2D eigenvalue weighted by molar-refractivity contribution is 0.633. The molecule has 0 unspecified atom stereocenters. The quantitative estimate of drug-likeness (QED) is 0.754. The number of aromatic nitrogens is 4. The van der Waals surface area contributed by atoms with Crippen LogP contribution in [0.15, 0.2) is 24.3 Å². The summed E-state index contributed by atoms with van der Waals surface area (Å²) in [6, 6.07) is 7.64. The molecule has 4 nitrogen and oxygen atoms in total. The molecule has 72 valence electrons. The summed E-state index contributed by atoms with van der Waals surface area (Å²) in [5.74, 6) is 0.806. The molecule has 0 amide bonds. The maximum absolute atomic E-state index is 5.78. The van der Waals surface area contributed by atoms with E-state index >= 15 is 0 Å². The molecule has 14 heavy (non-hydrogen) atoms. The average Bonchev–Trinajstić information content (AvgIpc) is 2.56. The van der Waals surface area contributed by atoms with Crippen LogP contribution >= 0.6 is 11.6 Å². The first-order valence-electron chi connectivity index (χ1n) is 4.23. The number of benzene rings is 1. The third-order valence-electron chi connectivity index (χ3n) is 1.96. The van der Waals surface area contributed by atoms with Crippen LogP contribution in [-0.2, 0) is 6.54 Å². The summed E-state index contributed by atoms with van der Waals surface area (Å²) in [6.07, 6.45) is 0. The van der Waals surface area contributed by atoms with E-state index in [1.54, 1.807) is 4.68 Å². The Labute approximate surface area is 86.5 Å². The van der Waals surface area contributed by atoms with Gasteiger partial charge in [0.2, 0.25) is 0 Å². The van der Waals surface area contributed by atoms with Crippen LogP contribution in [0.4, 0.5) is 0 Å². The smallest absolute Gasteiger partial charge is 0.148 e. The summed E-state index contributed by atoms with van der Waals surface area (Å²) >= 11 is 5.78. The largest absolute Gasteiger partial charge is 0.225 e. The second-order valence-electron chi connectivity index (χ2n) is 3.01. The summed E-state index contributed by atoms with van der Waals surface area (Å²) in [4.78, 5) is 0. The summed E-state index contributed by atoms with van der Waals surface area (Å²) < 4.78 is 1.74. The van der Waals surface area contributed by atoms with E-state index < -0.39 is 0 Å². The Balaban J connectivity index is 2.19. The second kappa shape index (κ2) is 3.75. The number of halogens is 1. The topological polar surface area (TPSA) is 43.6 Å². The molecular formula is C9H9ClN4. The van der Waals surface area contributed by atoms with Gasteiger partial charge in [-0.05, 0) is 35.0 Å². The summed E-state index contributed by atoms with van der Waals surface area (Å²) in [6.45, 7) is 2.55. The van der Waals surface area contributed by atoms with E-state index in [-0.39, 0.29) is 0 Å². The Bertz CT molecular complexity index is 421. The summed E-state index contributed by atoms with van der Waals surface area (Å²) in [5.41, 5.74) is 1.13. The maximum atomic E-state index is 5.78. The highest BCUT2D eigenvalue weighted by Crippen LogP contribution is 2.10. The van der Waals surface area contributed by atoms with Gasteiger partial charge in [-0.2, -0.15) is 0 Å². The minimum absolute atomic E-state index is 0.677. The molecule has 0 aliphatic rings. The van der Waals surface area contributed by atoms with E-state index in [9.17, 15) is 0 Å². The van der Waals surface area contributed by atoms with E-state index in [4.69, 9.17) is 11.6 Å². The first kappa shape index (κ1) is 9.15. The Morgan fingerprint density at radius 1 is 1.29 bits per heavy atom. The van der Waals surface area contributed by atoms with Crippen molar-refractivity contribution in [2.24, 2.45) is 0 Å². The molecule has 2 aromatic rings. The van der Waals surface area contributed by atoms with Crippen molar-refractivity contribution in [1.29, 1.82) is 0 Å². The predicted molar refractivity (Wildman–Crippen MR) is 53.1 cm³/mol. The van der Waals surface area contributed by atoms with Gasteiger partial charge in [-0.3, -0.25) is 0 Å². The molecule has 2 rings (SSSR count). The molecule has 0 aliphatic heterocycles. The van der Waals surface area contributed by atoms with E-state index in [0.29, 0.717) is 6.54 Å². The van der Waals surface area contributed by atoms with Crippen LogP contribution < -0.4 is 0 Å². The lowest BCUT2D eigenvalue weighted by atomic mass is 10.2. The Morgan fingerprint density at radius 2 is 2.00 bits per heavy atom. The first-order chi connectivity index (χ1) is 6.75. The van der Waals surface area contributed by atoms with E-state index in [1.165, 1.54) is 0 Å². The molecule has 1 heterocycles. The Kier molecular flexibility index (Phi) is 2.45. The molecule has 0 radical (unpaired) electrons. The maximum Gasteiger partial charge on any atom is 0.148 e. The van der Waals surface area contributed by atoms with Gasteiger partial charge >= 0.3 is 0 Å². The monoisotopic (exact) mass is 208 g/mol. The fraction of sp³-hybridized carbons (Fsp3) is 0.222. The first-order valence-corrected chi connectivity index (χ1v) is 4.61. The van der Waals surface area contributed by atoms with Gasteiger partial charge in [0.15, 0.2) is 0 Å². The fourth-order valence-corrected chi connectivity index (χ4v) is 1.28. The molecule has 1 aromatic carbocycles. The minimum Gasteiger partial charge on any atom is -0.225 e. The van der Waals surface area contributed by atoms with Crippen molar-refractivity contribution < 1.29 is 0 Å². The van der Waals surface area contributed by atoms with Gasteiger partial charge in [0.1, 0.15) is 5.82 Å². The van der Waals surface area contributed by atoms with Crippen LogP contribution in [0.3, 0.4) is 0 Å². The fourth-order valence-electron chi connectivity index (χ4n) is 1.16. The molecule has 0 aliphatic carbocycles. The van der Waals surface area contributed by atoms with Gasteiger partial charge in [-0.1, -0.05) is 23.7 Å². The number of aryl methyl sites for hydroxylation is 1. The van der Waals surface area contributed by atoms with E-state index in [2.05, 4.69) is 15.5 Å². The highest BCUT2D eigenvalue weighted by molar-refractivity contribution is 6.30. The highest BCUT2D eigenvalue weighted by Gasteiger charge is 2.00. The Hall–Kier alpha value is -1.42. The average molecular weight is 209 g/mol. The Morgan fingerprint density at radius 3 is 2.57 bits per heavy atom. The van der Waals surface area contributed by atoms with Crippen LogP contribution in [0.2, 0.25) is 5.02 Å². The van der Waals surface area contributed by atoms with Crippen molar-refractivity contribution in [2.75, 3.05) is 0 Å². The van der Waals surface area contributed by atoms with Gasteiger partial charge in [0, 0.05) is 5.02 Å². The third-order valence-corrected chi connectivity index (χ3v) is 2.21. The van der Waals surface area contributed by atoms with E-state index in [1.807, 2.05) is 31.2 Å². The van der Waals surface area contributed by atoms with Crippen molar-refractivity contribution in [3.63, 3.8) is 0 Å². The highest BCUT2D eigenvalue weighted by atomic mass is 35.5. The SMILES string of the molecule is Cc1nnnn1Cc1ccc(Cl)cc1. The lowest BCUT2D eigenvalue weighted by Crippen LogP contribution is -2.03. The van der Waals surface area contributed by atoms with Gasteiger partial charge in [-0.25, -0.2) is 4.68 Å². The van der Waals surface area contributed by atoms with Gasteiger partial charge in [0.05, 0.1) is 6.54 Å². The van der Waals surface area contributed by atoms with Crippen LogP contribution in [-0.4, -0.2) is 20.2 Å².